The standard InChI is InChI=1S/C18H22N2O4S/c1-24-17-11-7-6-8-15(17)14-20(25(2,22)23)13-12-18(21)19-16-9-4-3-5-10-16/h3-11H,12-14H2,1-2H3,(H,19,21). The molecule has 0 aromatic heterocycles. The van der Waals surface area contributed by atoms with Crippen molar-refractivity contribution in [3.63, 3.8) is 0 Å². The number of carbonyl (C=O) groups is 1. The molecule has 134 valence electrons. The van der Waals surface area contributed by atoms with Crippen LogP contribution < -0.4 is 10.1 Å². The van der Waals surface area contributed by atoms with Crippen molar-refractivity contribution in [1.29, 1.82) is 0 Å². The Labute approximate surface area is 148 Å². The number of para-hydroxylation sites is 2. The molecule has 2 rings (SSSR count). The maximum Gasteiger partial charge on any atom is 0.225 e. The smallest absolute Gasteiger partial charge is 0.225 e. The average Bonchev–Trinajstić information content (AvgIpc) is 2.58. The molecule has 6 nitrogen and oxygen atoms in total. The van der Waals surface area contributed by atoms with Crippen LogP contribution in [-0.2, 0) is 21.4 Å². The van der Waals surface area contributed by atoms with E-state index in [0.29, 0.717) is 11.4 Å². The normalized spacial score (nSPS) is 11.3. The van der Waals surface area contributed by atoms with E-state index >= 15 is 0 Å². The van der Waals surface area contributed by atoms with Gasteiger partial charge in [-0.15, -0.1) is 0 Å². The van der Waals surface area contributed by atoms with Gasteiger partial charge in [0.2, 0.25) is 15.9 Å². The molecular formula is C18H22N2O4S. The van der Waals surface area contributed by atoms with Crippen molar-refractivity contribution in [2.45, 2.75) is 13.0 Å². The number of anilines is 1. The Kier molecular flexibility index (Phi) is 6.55. The van der Waals surface area contributed by atoms with E-state index in [1.807, 2.05) is 30.3 Å². The summed E-state index contributed by atoms with van der Waals surface area (Å²) < 4.78 is 30.7. The van der Waals surface area contributed by atoms with E-state index in [1.54, 1.807) is 24.3 Å². The van der Waals surface area contributed by atoms with Gasteiger partial charge in [-0.1, -0.05) is 36.4 Å². The first kappa shape index (κ1) is 19.0. The van der Waals surface area contributed by atoms with Gasteiger partial charge in [-0.05, 0) is 18.2 Å². The minimum absolute atomic E-state index is 0.0666. The molecule has 0 saturated heterocycles. The maximum absolute atomic E-state index is 12.1. The van der Waals surface area contributed by atoms with E-state index in [1.165, 1.54) is 11.4 Å². The highest BCUT2D eigenvalue weighted by Crippen LogP contribution is 2.20. The second-order valence-corrected chi connectivity index (χ2v) is 7.56. The predicted octanol–water partition coefficient (Wildman–Crippen LogP) is 2.49. The number of nitrogens with zero attached hydrogens (tertiary/aromatic N) is 1. The van der Waals surface area contributed by atoms with Crippen molar-refractivity contribution < 1.29 is 17.9 Å². The van der Waals surface area contributed by atoms with Crippen molar-refractivity contribution in [1.82, 2.24) is 4.31 Å². The first-order chi connectivity index (χ1) is 11.9. The lowest BCUT2D eigenvalue weighted by molar-refractivity contribution is -0.116. The molecular weight excluding hydrogens is 340 g/mol. The highest BCUT2D eigenvalue weighted by atomic mass is 32.2. The minimum Gasteiger partial charge on any atom is -0.496 e. The lowest BCUT2D eigenvalue weighted by Crippen LogP contribution is -2.32. The molecule has 0 aliphatic rings. The Hall–Kier alpha value is -2.38. The zero-order valence-corrected chi connectivity index (χ0v) is 15.1. The summed E-state index contributed by atoms with van der Waals surface area (Å²) in [7, 11) is -1.92. The van der Waals surface area contributed by atoms with Crippen LogP contribution in [0.4, 0.5) is 5.69 Å². The highest BCUT2D eigenvalue weighted by molar-refractivity contribution is 7.88. The van der Waals surface area contributed by atoms with Crippen molar-refractivity contribution in [2.75, 3.05) is 25.2 Å². The summed E-state index contributed by atoms with van der Waals surface area (Å²) in [5, 5.41) is 2.75. The number of benzene rings is 2. The van der Waals surface area contributed by atoms with Crippen LogP contribution in [-0.4, -0.2) is 38.5 Å². The SMILES string of the molecule is COc1ccccc1CN(CCC(=O)Nc1ccccc1)S(C)(=O)=O. The predicted molar refractivity (Wildman–Crippen MR) is 97.9 cm³/mol. The molecule has 25 heavy (non-hydrogen) atoms. The summed E-state index contributed by atoms with van der Waals surface area (Å²) in [6.45, 7) is 0.247. The van der Waals surface area contributed by atoms with Crippen molar-refractivity contribution in [3.8, 4) is 5.75 Å². The third-order valence-electron chi connectivity index (χ3n) is 3.65. The number of amides is 1. The first-order valence-electron chi connectivity index (χ1n) is 7.82. The molecule has 2 aromatic rings. The van der Waals surface area contributed by atoms with Crippen LogP contribution in [0.2, 0.25) is 0 Å². The first-order valence-corrected chi connectivity index (χ1v) is 9.67. The second-order valence-electron chi connectivity index (χ2n) is 5.57. The van der Waals surface area contributed by atoms with Gasteiger partial charge in [0.25, 0.3) is 0 Å². The molecule has 1 amide bonds. The van der Waals surface area contributed by atoms with Crippen LogP contribution >= 0.6 is 0 Å². The van der Waals surface area contributed by atoms with Gasteiger partial charge < -0.3 is 10.1 Å². The molecule has 0 atom stereocenters. The van der Waals surface area contributed by atoms with Crippen molar-refractivity contribution in [3.05, 3.63) is 60.2 Å². The summed E-state index contributed by atoms with van der Waals surface area (Å²) in [5.74, 6) is 0.379. The van der Waals surface area contributed by atoms with Gasteiger partial charge in [-0.25, -0.2) is 8.42 Å². The van der Waals surface area contributed by atoms with Gasteiger partial charge in [0.15, 0.2) is 0 Å². The van der Waals surface area contributed by atoms with Crippen LogP contribution in [0, 0.1) is 0 Å². The maximum atomic E-state index is 12.1. The third kappa shape index (κ3) is 5.88. The van der Waals surface area contributed by atoms with Gasteiger partial charge in [0.05, 0.1) is 13.4 Å². The van der Waals surface area contributed by atoms with Crippen LogP contribution in [0.5, 0.6) is 5.75 Å². The molecule has 0 unspecified atom stereocenters. The zero-order chi connectivity index (χ0) is 18.3. The molecule has 0 bridgehead atoms. The Bertz CT molecular complexity index is 807. The van der Waals surface area contributed by atoms with Crippen LogP contribution in [0.25, 0.3) is 0 Å². The molecule has 0 radical (unpaired) electrons. The molecule has 0 fully saturated rings. The van der Waals surface area contributed by atoms with Crippen LogP contribution in [0.3, 0.4) is 0 Å². The Morgan fingerprint density at radius 1 is 1.08 bits per heavy atom. The summed E-state index contributed by atoms with van der Waals surface area (Å²) in [5.41, 5.74) is 1.43. The number of rotatable bonds is 8. The highest BCUT2D eigenvalue weighted by Gasteiger charge is 2.20. The third-order valence-corrected chi connectivity index (χ3v) is 4.90. The topological polar surface area (TPSA) is 75.7 Å². The number of hydrogen-bond donors (Lipinski definition) is 1. The Balaban J connectivity index is 2.02. The van der Waals surface area contributed by atoms with Crippen LogP contribution in [0.1, 0.15) is 12.0 Å². The summed E-state index contributed by atoms with van der Waals surface area (Å²) in [6, 6.07) is 16.3. The van der Waals surface area contributed by atoms with Gasteiger partial charge in [0.1, 0.15) is 5.75 Å². The fraction of sp³-hybridized carbons (Fsp3) is 0.278. The largest absolute Gasteiger partial charge is 0.496 e. The average molecular weight is 362 g/mol. The molecule has 1 N–H and O–H groups in total. The van der Waals surface area contributed by atoms with E-state index in [4.69, 9.17) is 4.74 Å². The summed E-state index contributed by atoms with van der Waals surface area (Å²) in [4.78, 5) is 12.1. The van der Waals surface area contributed by atoms with Crippen LogP contribution in [0.15, 0.2) is 54.6 Å². The lowest BCUT2D eigenvalue weighted by atomic mass is 10.2. The molecule has 2 aromatic carbocycles. The van der Waals surface area contributed by atoms with Gasteiger partial charge in [0, 0.05) is 30.8 Å². The molecule has 0 heterocycles. The molecule has 0 aliphatic heterocycles. The van der Waals surface area contributed by atoms with E-state index in [2.05, 4.69) is 5.32 Å². The minimum atomic E-state index is -3.46. The molecule has 0 aliphatic carbocycles. The number of sulfonamides is 1. The van der Waals surface area contributed by atoms with Gasteiger partial charge >= 0.3 is 0 Å². The number of ether oxygens (including phenoxy) is 1. The van der Waals surface area contributed by atoms with E-state index in [-0.39, 0.29) is 25.4 Å². The van der Waals surface area contributed by atoms with Crippen molar-refractivity contribution >= 4 is 21.6 Å². The van der Waals surface area contributed by atoms with E-state index in [9.17, 15) is 13.2 Å². The van der Waals surface area contributed by atoms with Crippen molar-refractivity contribution in [2.24, 2.45) is 0 Å². The lowest BCUT2D eigenvalue weighted by Gasteiger charge is -2.21. The Morgan fingerprint density at radius 2 is 1.72 bits per heavy atom. The number of methoxy groups -OCH3 is 1. The number of carbonyl (C=O) groups excluding carboxylic acids is 1. The number of hydrogen-bond acceptors (Lipinski definition) is 4. The van der Waals surface area contributed by atoms with E-state index in [0.717, 1.165) is 11.8 Å². The fourth-order valence-electron chi connectivity index (χ4n) is 2.36. The molecule has 7 heteroatoms. The summed E-state index contributed by atoms with van der Waals surface area (Å²) >= 11 is 0. The summed E-state index contributed by atoms with van der Waals surface area (Å²) in [6.07, 6.45) is 1.20. The molecule has 0 saturated carbocycles. The van der Waals surface area contributed by atoms with E-state index < -0.39 is 10.0 Å². The quantitative estimate of drug-likeness (QED) is 0.783. The molecule has 0 spiro atoms. The Morgan fingerprint density at radius 3 is 2.36 bits per heavy atom. The van der Waals surface area contributed by atoms with Gasteiger partial charge in [-0.2, -0.15) is 4.31 Å². The second kappa shape index (κ2) is 8.64. The zero-order valence-electron chi connectivity index (χ0n) is 14.3. The fourth-order valence-corrected chi connectivity index (χ4v) is 3.15. The van der Waals surface area contributed by atoms with Gasteiger partial charge in [-0.3, -0.25) is 4.79 Å². The number of nitrogens with one attached hydrogen (secondary N) is 1. The monoisotopic (exact) mass is 362 g/mol.